The van der Waals surface area contributed by atoms with Crippen LogP contribution in [0.25, 0.3) is 0 Å². The number of rotatable bonds is 2. The molecule has 0 aromatic heterocycles. The molecular weight excluding hydrogens is 138 g/mol. The van der Waals surface area contributed by atoms with E-state index >= 15 is 0 Å². The molecule has 0 radical (unpaired) electrons. The SMILES string of the molecule is N#CC(N)CN1CCCCC1. The summed E-state index contributed by atoms with van der Waals surface area (Å²) in [7, 11) is 0. The van der Waals surface area contributed by atoms with Crippen molar-refractivity contribution < 1.29 is 0 Å². The van der Waals surface area contributed by atoms with Gasteiger partial charge in [-0.15, -0.1) is 0 Å². The molecule has 1 rings (SSSR count). The summed E-state index contributed by atoms with van der Waals surface area (Å²) in [6.45, 7) is 2.99. The quantitative estimate of drug-likeness (QED) is 0.621. The maximum absolute atomic E-state index is 8.46. The smallest absolute Gasteiger partial charge is 0.106 e. The molecule has 0 spiro atoms. The normalized spacial score (nSPS) is 22.5. The Morgan fingerprint density at radius 2 is 2.00 bits per heavy atom. The molecule has 0 aromatic rings. The van der Waals surface area contributed by atoms with E-state index < -0.39 is 0 Å². The molecule has 0 amide bonds. The Morgan fingerprint density at radius 3 is 2.55 bits per heavy atom. The Hall–Kier alpha value is -0.590. The van der Waals surface area contributed by atoms with Gasteiger partial charge in [0.1, 0.15) is 6.04 Å². The lowest BCUT2D eigenvalue weighted by Crippen LogP contribution is -2.39. The number of piperidine rings is 1. The van der Waals surface area contributed by atoms with Crippen LogP contribution in [0.1, 0.15) is 19.3 Å². The number of nitriles is 1. The summed E-state index contributed by atoms with van der Waals surface area (Å²) >= 11 is 0. The van der Waals surface area contributed by atoms with E-state index in [1.807, 2.05) is 6.07 Å². The minimum atomic E-state index is -0.298. The van der Waals surface area contributed by atoms with Gasteiger partial charge in [-0.1, -0.05) is 6.42 Å². The van der Waals surface area contributed by atoms with E-state index in [9.17, 15) is 0 Å². The summed E-state index contributed by atoms with van der Waals surface area (Å²) in [6.07, 6.45) is 3.86. The van der Waals surface area contributed by atoms with Crippen LogP contribution in [0.5, 0.6) is 0 Å². The average molecular weight is 153 g/mol. The highest BCUT2D eigenvalue weighted by Crippen LogP contribution is 2.07. The van der Waals surface area contributed by atoms with Gasteiger partial charge in [0.2, 0.25) is 0 Å². The van der Waals surface area contributed by atoms with E-state index in [1.165, 1.54) is 19.3 Å². The Bertz CT molecular complexity index is 144. The van der Waals surface area contributed by atoms with E-state index in [1.54, 1.807) is 0 Å². The van der Waals surface area contributed by atoms with Gasteiger partial charge >= 0.3 is 0 Å². The maximum atomic E-state index is 8.46. The summed E-state index contributed by atoms with van der Waals surface area (Å²) in [5, 5.41) is 8.46. The molecule has 3 heteroatoms. The molecule has 1 aliphatic rings. The molecule has 0 bridgehead atoms. The molecule has 1 atom stereocenters. The zero-order valence-corrected chi connectivity index (χ0v) is 6.79. The molecule has 0 saturated carbocycles. The van der Waals surface area contributed by atoms with Crippen LogP contribution >= 0.6 is 0 Å². The highest BCUT2D eigenvalue weighted by molar-refractivity contribution is 4.89. The van der Waals surface area contributed by atoms with Gasteiger partial charge < -0.3 is 10.6 Å². The summed E-state index contributed by atoms with van der Waals surface area (Å²) in [6, 6.07) is 1.75. The van der Waals surface area contributed by atoms with Gasteiger partial charge in [-0.25, -0.2) is 0 Å². The second-order valence-corrected chi connectivity index (χ2v) is 3.10. The first-order chi connectivity index (χ1) is 5.33. The standard InChI is InChI=1S/C8H15N3/c9-6-8(10)7-11-4-2-1-3-5-11/h8H,1-5,7,10H2. The average Bonchev–Trinajstić information content (AvgIpc) is 2.06. The third kappa shape index (κ3) is 2.87. The molecule has 1 unspecified atom stereocenters. The van der Waals surface area contributed by atoms with Gasteiger partial charge in [0, 0.05) is 6.54 Å². The van der Waals surface area contributed by atoms with Crippen molar-refractivity contribution in [3.05, 3.63) is 0 Å². The Balaban J connectivity index is 2.20. The van der Waals surface area contributed by atoms with Crippen molar-refractivity contribution in [2.24, 2.45) is 5.73 Å². The predicted molar refractivity (Wildman–Crippen MR) is 43.9 cm³/mol. The van der Waals surface area contributed by atoms with Crippen LogP contribution in [0.2, 0.25) is 0 Å². The fourth-order valence-electron chi connectivity index (χ4n) is 1.46. The fraction of sp³-hybridized carbons (Fsp3) is 0.875. The first kappa shape index (κ1) is 8.51. The van der Waals surface area contributed by atoms with E-state index in [-0.39, 0.29) is 6.04 Å². The molecule has 2 N–H and O–H groups in total. The summed E-state index contributed by atoms with van der Waals surface area (Å²) < 4.78 is 0. The van der Waals surface area contributed by atoms with Crippen molar-refractivity contribution in [3.8, 4) is 6.07 Å². The first-order valence-electron chi connectivity index (χ1n) is 4.20. The summed E-state index contributed by atoms with van der Waals surface area (Å²) in [4.78, 5) is 2.28. The highest BCUT2D eigenvalue weighted by Gasteiger charge is 2.12. The number of hydrogen-bond donors (Lipinski definition) is 1. The van der Waals surface area contributed by atoms with Crippen molar-refractivity contribution >= 4 is 0 Å². The second kappa shape index (κ2) is 4.32. The molecule has 3 nitrogen and oxygen atoms in total. The van der Waals surface area contributed by atoms with E-state index in [2.05, 4.69) is 4.90 Å². The predicted octanol–water partition coefficient (Wildman–Crippen LogP) is 0.323. The van der Waals surface area contributed by atoms with Crippen LogP contribution in [-0.2, 0) is 0 Å². The zero-order chi connectivity index (χ0) is 8.10. The summed E-state index contributed by atoms with van der Waals surface area (Å²) in [5.74, 6) is 0. The van der Waals surface area contributed by atoms with Crippen LogP contribution in [0.15, 0.2) is 0 Å². The van der Waals surface area contributed by atoms with E-state index in [0.717, 1.165) is 19.6 Å². The fourth-order valence-corrected chi connectivity index (χ4v) is 1.46. The topological polar surface area (TPSA) is 53.1 Å². The largest absolute Gasteiger partial charge is 0.315 e. The number of nitrogens with zero attached hydrogens (tertiary/aromatic N) is 2. The van der Waals surface area contributed by atoms with Crippen LogP contribution in [0.4, 0.5) is 0 Å². The molecule has 1 aliphatic heterocycles. The van der Waals surface area contributed by atoms with Gasteiger partial charge in [0.25, 0.3) is 0 Å². The Morgan fingerprint density at radius 1 is 1.36 bits per heavy atom. The van der Waals surface area contributed by atoms with E-state index in [0.29, 0.717) is 0 Å². The van der Waals surface area contributed by atoms with E-state index in [4.69, 9.17) is 11.0 Å². The third-order valence-electron chi connectivity index (χ3n) is 2.07. The molecule has 1 saturated heterocycles. The molecule has 1 heterocycles. The van der Waals surface area contributed by atoms with Crippen LogP contribution < -0.4 is 5.73 Å². The van der Waals surface area contributed by atoms with Gasteiger partial charge in [-0.3, -0.25) is 0 Å². The maximum Gasteiger partial charge on any atom is 0.106 e. The first-order valence-corrected chi connectivity index (χ1v) is 4.20. The van der Waals surface area contributed by atoms with Crippen molar-refractivity contribution in [2.75, 3.05) is 19.6 Å². The Kier molecular flexibility index (Phi) is 3.34. The monoisotopic (exact) mass is 153 g/mol. The van der Waals surface area contributed by atoms with Crippen molar-refractivity contribution in [2.45, 2.75) is 25.3 Å². The lowest BCUT2D eigenvalue weighted by molar-refractivity contribution is 0.225. The lowest BCUT2D eigenvalue weighted by Gasteiger charge is -2.26. The van der Waals surface area contributed by atoms with Gasteiger partial charge in [0.05, 0.1) is 6.07 Å². The summed E-state index contributed by atoms with van der Waals surface area (Å²) in [5.41, 5.74) is 5.50. The third-order valence-corrected chi connectivity index (χ3v) is 2.07. The molecule has 0 aliphatic carbocycles. The molecule has 1 fully saturated rings. The lowest BCUT2D eigenvalue weighted by atomic mass is 10.1. The number of hydrogen-bond acceptors (Lipinski definition) is 3. The van der Waals surface area contributed by atoms with Crippen molar-refractivity contribution in [1.29, 1.82) is 5.26 Å². The molecule has 0 aromatic carbocycles. The van der Waals surface area contributed by atoms with Crippen LogP contribution in [-0.4, -0.2) is 30.6 Å². The second-order valence-electron chi connectivity index (χ2n) is 3.10. The van der Waals surface area contributed by atoms with Crippen molar-refractivity contribution in [1.82, 2.24) is 4.90 Å². The number of likely N-dealkylation sites (tertiary alicyclic amines) is 1. The molecule has 11 heavy (non-hydrogen) atoms. The highest BCUT2D eigenvalue weighted by atomic mass is 15.1. The zero-order valence-electron chi connectivity index (χ0n) is 6.79. The number of nitrogens with two attached hydrogens (primary N) is 1. The molecular formula is C8H15N3. The van der Waals surface area contributed by atoms with Gasteiger partial charge in [-0.2, -0.15) is 5.26 Å². The van der Waals surface area contributed by atoms with Crippen LogP contribution in [0.3, 0.4) is 0 Å². The van der Waals surface area contributed by atoms with Crippen molar-refractivity contribution in [3.63, 3.8) is 0 Å². The van der Waals surface area contributed by atoms with Gasteiger partial charge in [-0.05, 0) is 25.9 Å². The minimum absolute atomic E-state index is 0.298. The Labute approximate surface area is 67.8 Å². The van der Waals surface area contributed by atoms with Gasteiger partial charge in [0.15, 0.2) is 0 Å². The van der Waals surface area contributed by atoms with Crippen LogP contribution in [0, 0.1) is 11.3 Å². The minimum Gasteiger partial charge on any atom is -0.315 e. The molecule has 62 valence electrons.